The van der Waals surface area contributed by atoms with Crippen molar-refractivity contribution < 1.29 is 5.11 Å². The van der Waals surface area contributed by atoms with Crippen molar-refractivity contribution in [2.45, 2.75) is 64.9 Å². The average Bonchev–Trinajstić information content (AvgIpc) is 2.41. The molecule has 2 nitrogen and oxygen atoms in total. The van der Waals surface area contributed by atoms with Crippen molar-refractivity contribution in [2.75, 3.05) is 6.54 Å². The first-order valence-corrected chi connectivity index (χ1v) is 6.40. The molecule has 0 bridgehead atoms. The minimum atomic E-state index is -0.527. The van der Waals surface area contributed by atoms with E-state index >= 15 is 0 Å². The van der Waals surface area contributed by atoms with E-state index in [1.165, 1.54) is 6.42 Å². The third kappa shape index (κ3) is 2.54. The molecule has 1 saturated carbocycles. The van der Waals surface area contributed by atoms with E-state index in [1.807, 2.05) is 0 Å². The zero-order valence-corrected chi connectivity index (χ0v) is 10.6. The molecule has 1 rings (SSSR count). The Labute approximate surface area is 94.2 Å². The summed E-state index contributed by atoms with van der Waals surface area (Å²) in [6.07, 6.45) is 6.37. The lowest BCUT2D eigenvalue weighted by Crippen LogP contribution is -2.50. The smallest absolute Gasteiger partial charge is 0.0713 e. The molecule has 1 aliphatic carbocycles. The topological polar surface area (TPSA) is 46.2 Å². The highest BCUT2D eigenvalue weighted by molar-refractivity contribution is 4.97. The SMILES string of the molecule is CCC(C)(CN)C1(O)CCCC(C)CC1. The Morgan fingerprint density at radius 2 is 2.07 bits per heavy atom. The first-order valence-electron chi connectivity index (χ1n) is 6.40. The first kappa shape index (κ1) is 13.0. The number of rotatable bonds is 3. The molecule has 0 aliphatic heterocycles. The predicted molar refractivity (Wildman–Crippen MR) is 64.7 cm³/mol. The molecule has 0 aromatic rings. The van der Waals surface area contributed by atoms with Gasteiger partial charge in [-0.25, -0.2) is 0 Å². The van der Waals surface area contributed by atoms with E-state index in [4.69, 9.17) is 5.73 Å². The Morgan fingerprint density at radius 1 is 1.40 bits per heavy atom. The molecule has 3 unspecified atom stereocenters. The molecule has 0 saturated heterocycles. The molecule has 0 aromatic carbocycles. The van der Waals surface area contributed by atoms with E-state index in [1.54, 1.807) is 0 Å². The minimum Gasteiger partial charge on any atom is -0.389 e. The normalized spacial score (nSPS) is 37.0. The van der Waals surface area contributed by atoms with E-state index in [0.29, 0.717) is 6.54 Å². The molecule has 3 N–H and O–H groups in total. The zero-order valence-electron chi connectivity index (χ0n) is 10.6. The van der Waals surface area contributed by atoms with Gasteiger partial charge in [-0.2, -0.15) is 0 Å². The minimum absolute atomic E-state index is 0.100. The molecule has 15 heavy (non-hydrogen) atoms. The summed E-state index contributed by atoms with van der Waals surface area (Å²) in [5.74, 6) is 0.762. The number of hydrogen-bond donors (Lipinski definition) is 2. The molecule has 1 fully saturated rings. The molecule has 90 valence electrons. The van der Waals surface area contributed by atoms with Gasteiger partial charge in [-0.05, 0) is 31.6 Å². The van der Waals surface area contributed by atoms with Gasteiger partial charge in [0.15, 0.2) is 0 Å². The fraction of sp³-hybridized carbons (Fsp3) is 1.00. The molecule has 3 atom stereocenters. The van der Waals surface area contributed by atoms with Gasteiger partial charge in [-0.15, -0.1) is 0 Å². The summed E-state index contributed by atoms with van der Waals surface area (Å²) in [4.78, 5) is 0. The second-order valence-electron chi connectivity index (χ2n) is 5.69. The fourth-order valence-electron chi connectivity index (χ4n) is 2.76. The van der Waals surface area contributed by atoms with Crippen LogP contribution in [0.2, 0.25) is 0 Å². The van der Waals surface area contributed by atoms with Gasteiger partial charge in [-0.3, -0.25) is 0 Å². The van der Waals surface area contributed by atoms with Crippen molar-refractivity contribution >= 4 is 0 Å². The summed E-state index contributed by atoms with van der Waals surface area (Å²) in [6, 6.07) is 0. The Morgan fingerprint density at radius 3 is 2.60 bits per heavy atom. The van der Waals surface area contributed by atoms with Crippen LogP contribution < -0.4 is 5.73 Å². The Bertz CT molecular complexity index is 201. The van der Waals surface area contributed by atoms with Crippen molar-refractivity contribution in [3.8, 4) is 0 Å². The summed E-state index contributed by atoms with van der Waals surface area (Å²) >= 11 is 0. The standard InChI is InChI=1S/C13H27NO/c1-4-12(3,10-14)13(15)8-5-6-11(2)7-9-13/h11,15H,4-10,14H2,1-3H3. The van der Waals surface area contributed by atoms with Gasteiger partial charge in [0.2, 0.25) is 0 Å². The van der Waals surface area contributed by atoms with Crippen LogP contribution in [0.15, 0.2) is 0 Å². The quantitative estimate of drug-likeness (QED) is 0.708. The second kappa shape index (κ2) is 4.84. The van der Waals surface area contributed by atoms with Crippen molar-refractivity contribution in [1.29, 1.82) is 0 Å². The molecular weight excluding hydrogens is 186 g/mol. The molecular formula is C13H27NO. The zero-order chi connectivity index (χ0) is 11.5. The van der Waals surface area contributed by atoms with Crippen molar-refractivity contribution in [3.63, 3.8) is 0 Å². The highest BCUT2D eigenvalue weighted by atomic mass is 16.3. The first-order chi connectivity index (χ1) is 6.97. The Kier molecular flexibility index (Phi) is 4.19. The number of hydrogen-bond acceptors (Lipinski definition) is 2. The summed E-state index contributed by atoms with van der Waals surface area (Å²) in [5, 5.41) is 10.8. The van der Waals surface area contributed by atoms with Crippen LogP contribution in [-0.2, 0) is 0 Å². The highest BCUT2D eigenvalue weighted by Crippen LogP contribution is 2.43. The van der Waals surface area contributed by atoms with E-state index < -0.39 is 5.60 Å². The summed E-state index contributed by atoms with van der Waals surface area (Å²) in [5.41, 5.74) is 5.23. The van der Waals surface area contributed by atoms with E-state index in [0.717, 1.165) is 38.0 Å². The van der Waals surface area contributed by atoms with Crippen LogP contribution in [0, 0.1) is 11.3 Å². The van der Waals surface area contributed by atoms with Gasteiger partial charge in [-0.1, -0.05) is 33.6 Å². The van der Waals surface area contributed by atoms with Gasteiger partial charge >= 0.3 is 0 Å². The van der Waals surface area contributed by atoms with E-state index in [-0.39, 0.29) is 5.41 Å². The molecule has 0 aromatic heterocycles. The van der Waals surface area contributed by atoms with Crippen LogP contribution in [-0.4, -0.2) is 17.3 Å². The Balaban J connectivity index is 2.79. The van der Waals surface area contributed by atoms with Crippen molar-refractivity contribution in [3.05, 3.63) is 0 Å². The van der Waals surface area contributed by atoms with E-state index in [9.17, 15) is 5.11 Å². The lowest BCUT2D eigenvalue weighted by Gasteiger charge is -2.44. The number of nitrogens with two attached hydrogens (primary N) is 1. The van der Waals surface area contributed by atoms with Gasteiger partial charge in [0.25, 0.3) is 0 Å². The van der Waals surface area contributed by atoms with Crippen LogP contribution in [0.1, 0.15) is 59.3 Å². The van der Waals surface area contributed by atoms with Crippen LogP contribution in [0.5, 0.6) is 0 Å². The maximum absolute atomic E-state index is 10.8. The van der Waals surface area contributed by atoms with Gasteiger partial charge in [0, 0.05) is 12.0 Å². The summed E-state index contributed by atoms with van der Waals surface area (Å²) in [7, 11) is 0. The second-order valence-corrected chi connectivity index (χ2v) is 5.69. The van der Waals surface area contributed by atoms with Gasteiger partial charge in [0.1, 0.15) is 0 Å². The van der Waals surface area contributed by atoms with Crippen LogP contribution in [0.3, 0.4) is 0 Å². The van der Waals surface area contributed by atoms with Crippen molar-refractivity contribution in [2.24, 2.45) is 17.1 Å². The van der Waals surface area contributed by atoms with Gasteiger partial charge < -0.3 is 10.8 Å². The maximum Gasteiger partial charge on any atom is 0.0713 e. The Hall–Kier alpha value is -0.0800. The largest absolute Gasteiger partial charge is 0.389 e. The monoisotopic (exact) mass is 213 g/mol. The third-order valence-electron chi connectivity index (χ3n) is 4.69. The van der Waals surface area contributed by atoms with Gasteiger partial charge in [0.05, 0.1) is 5.60 Å². The highest BCUT2D eigenvalue weighted by Gasteiger charge is 2.44. The molecule has 0 radical (unpaired) electrons. The molecule has 0 spiro atoms. The van der Waals surface area contributed by atoms with Crippen LogP contribution in [0.4, 0.5) is 0 Å². The third-order valence-corrected chi connectivity index (χ3v) is 4.69. The van der Waals surface area contributed by atoms with Crippen LogP contribution >= 0.6 is 0 Å². The fourth-order valence-corrected chi connectivity index (χ4v) is 2.76. The van der Waals surface area contributed by atoms with E-state index in [2.05, 4.69) is 20.8 Å². The lowest BCUT2D eigenvalue weighted by molar-refractivity contribution is -0.0854. The molecule has 0 heterocycles. The average molecular weight is 213 g/mol. The maximum atomic E-state index is 10.8. The summed E-state index contributed by atoms with van der Waals surface area (Å²) in [6.45, 7) is 7.16. The molecule has 1 aliphatic rings. The number of aliphatic hydroxyl groups is 1. The summed E-state index contributed by atoms with van der Waals surface area (Å²) < 4.78 is 0. The van der Waals surface area contributed by atoms with Crippen LogP contribution in [0.25, 0.3) is 0 Å². The predicted octanol–water partition coefficient (Wildman–Crippen LogP) is 2.69. The molecule has 2 heteroatoms. The molecule has 0 amide bonds. The van der Waals surface area contributed by atoms with Crippen molar-refractivity contribution in [1.82, 2.24) is 0 Å². The lowest BCUT2D eigenvalue weighted by atomic mass is 9.67.